The van der Waals surface area contributed by atoms with E-state index in [0.717, 1.165) is 110 Å². The maximum atomic E-state index is 15.6. The van der Waals surface area contributed by atoms with E-state index in [-0.39, 0.29) is 76.4 Å². The van der Waals surface area contributed by atoms with Crippen LogP contribution in [0.15, 0.2) is 182 Å². The van der Waals surface area contributed by atoms with Crippen LogP contribution in [0.1, 0.15) is 446 Å². The molecule has 0 spiro atoms. The molecule has 2 N–H and O–H groups in total. The first-order chi connectivity index (χ1) is 66.8. The summed E-state index contributed by atoms with van der Waals surface area (Å²) in [4.78, 5) is 31.3. The molecule has 756 valence electrons. The second kappa shape index (κ2) is 77.6. The second-order valence-electron chi connectivity index (χ2n) is 40.2. The van der Waals surface area contributed by atoms with Crippen LogP contribution in [-0.4, -0.2) is 86.3 Å². The molecule has 2 amide bonds. The third-order valence-corrected chi connectivity index (χ3v) is 28.5. The van der Waals surface area contributed by atoms with Gasteiger partial charge in [-0.25, -0.2) is 0 Å². The van der Waals surface area contributed by atoms with Crippen molar-refractivity contribution in [2.45, 2.75) is 514 Å². The lowest BCUT2D eigenvalue weighted by Gasteiger charge is -2.50. The second-order valence-corrected chi connectivity index (χ2v) is 40.2. The van der Waals surface area contributed by atoms with Gasteiger partial charge in [-0.3, -0.25) is 9.59 Å². The summed E-state index contributed by atoms with van der Waals surface area (Å²) in [6.07, 6.45) is 65.9. The summed E-state index contributed by atoms with van der Waals surface area (Å²) in [5, 5.41) is 7.16. The summed E-state index contributed by atoms with van der Waals surface area (Å²) < 4.78 is 67.7. The topological polar surface area (TPSA) is 141 Å². The van der Waals surface area contributed by atoms with Crippen LogP contribution in [0.4, 0.5) is 0 Å². The zero-order valence-corrected chi connectivity index (χ0v) is 85.8. The van der Waals surface area contributed by atoms with Gasteiger partial charge in [-0.05, 0) is 59.1 Å². The summed E-state index contributed by atoms with van der Waals surface area (Å²) in [7, 11) is 0. The normalized spacial score (nSPS) is 18.5. The first-order valence-electron chi connectivity index (χ1n) is 56.3. The standard InChI is InChI=1S/C122H192N2O11/c1-5-9-13-17-21-25-29-33-37-41-45-49-53-75-91-109(92-76-54-50-46-42-38-34-30-26-22-18-14-10-6-2)119(125)123-95-111-113(127-97-103-79-63-57-64-80-103)115(129-99-105-83-67-59-68-84-105)117(131-101-107-87-71-61-72-88-107)121(133-111)135-122-118(132-102-108-89-73-62-74-90-108)116(130-100-106-85-69-60-70-86-106)114(128-98-104-81-65-58-66-82-104)112(134-122)96-124-120(126)110(93-77-55-51-47-43-39-35-31-27-23-19-15-11-7-3)94-78-56-52-48-44-40-36-32-28-24-20-16-12-8-4/h57-74,79-90,109-118,121-122H,5-56,75-78,91-102H2,1-4H3,(H,123,125)(H,124,126)/t111?,112?,113-,114-,115-,116-,117?,118?,121-,122-/m0/s1. The van der Waals surface area contributed by atoms with Crippen LogP contribution in [0.2, 0.25) is 0 Å². The fraction of sp³-hybridized carbons (Fsp3) is 0.689. The average molecular weight is 1860 g/mol. The Bertz CT molecular complexity index is 3370. The van der Waals surface area contributed by atoms with Gasteiger partial charge in [0.25, 0.3) is 0 Å². The number of amides is 2. The molecule has 0 saturated carbocycles. The summed E-state index contributed by atoms with van der Waals surface area (Å²) in [6, 6.07) is 61.5. The van der Waals surface area contributed by atoms with E-state index in [1.54, 1.807) is 0 Å². The molecule has 2 aliphatic heterocycles. The van der Waals surface area contributed by atoms with Crippen molar-refractivity contribution in [3.8, 4) is 0 Å². The lowest BCUT2D eigenvalue weighted by atomic mass is 9.92. The van der Waals surface area contributed by atoms with Crippen molar-refractivity contribution in [3.05, 3.63) is 215 Å². The van der Waals surface area contributed by atoms with Crippen molar-refractivity contribution in [2.24, 2.45) is 11.8 Å². The van der Waals surface area contributed by atoms with Crippen molar-refractivity contribution in [1.29, 1.82) is 0 Å². The predicted octanol–water partition coefficient (Wildman–Crippen LogP) is 32.9. The quantitative estimate of drug-likeness (QED) is 0.0353. The van der Waals surface area contributed by atoms with Gasteiger partial charge in [0.05, 0.1) is 39.6 Å². The van der Waals surface area contributed by atoms with E-state index < -0.39 is 61.4 Å². The lowest BCUT2D eigenvalue weighted by Crippen LogP contribution is -2.67. The Kier molecular flexibility index (Phi) is 65.6. The van der Waals surface area contributed by atoms with Gasteiger partial charge in [-0.15, -0.1) is 0 Å². The molecule has 135 heavy (non-hydrogen) atoms. The third-order valence-electron chi connectivity index (χ3n) is 28.5. The molecule has 2 aliphatic rings. The average Bonchev–Trinajstić information content (AvgIpc) is 0.766. The Hall–Kier alpha value is -6.10. The van der Waals surface area contributed by atoms with E-state index in [1.165, 1.54) is 308 Å². The molecule has 13 heteroatoms. The van der Waals surface area contributed by atoms with E-state index in [2.05, 4.69) is 111 Å². The molecule has 2 fully saturated rings. The molecule has 0 radical (unpaired) electrons. The fourth-order valence-corrected chi connectivity index (χ4v) is 20.0. The van der Waals surface area contributed by atoms with Crippen molar-refractivity contribution >= 4 is 11.8 Å². The van der Waals surface area contributed by atoms with Gasteiger partial charge in [-0.1, -0.05) is 569 Å². The molecule has 0 aromatic heterocycles. The number of hydrogen-bond acceptors (Lipinski definition) is 11. The zero-order chi connectivity index (χ0) is 94.6. The van der Waals surface area contributed by atoms with Gasteiger partial charge >= 0.3 is 0 Å². The van der Waals surface area contributed by atoms with Gasteiger partial charge in [0.2, 0.25) is 11.8 Å². The molecular formula is C122H192N2O11. The first-order valence-corrected chi connectivity index (χ1v) is 56.3. The predicted molar refractivity (Wildman–Crippen MR) is 561 cm³/mol. The number of ether oxygens (including phenoxy) is 9. The smallest absolute Gasteiger partial charge is 0.223 e. The van der Waals surface area contributed by atoms with Crippen LogP contribution < -0.4 is 10.6 Å². The Morgan fingerprint density at radius 1 is 0.222 bits per heavy atom. The van der Waals surface area contributed by atoms with Crippen molar-refractivity contribution in [1.82, 2.24) is 10.6 Å². The van der Waals surface area contributed by atoms with Gasteiger partial charge in [0.15, 0.2) is 12.6 Å². The minimum absolute atomic E-state index is 0.0442. The number of unbranched alkanes of at least 4 members (excludes halogenated alkanes) is 52. The van der Waals surface area contributed by atoms with Gasteiger partial charge in [0.1, 0.15) is 48.8 Å². The Morgan fingerprint density at radius 2 is 0.385 bits per heavy atom. The van der Waals surface area contributed by atoms with E-state index in [9.17, 15) is 0 Å². The molecule has 0 bridgehead atoms. The Morgan fingerprint density at radius 3 is 0.570 bits per heavy atom. The molecule has 2 heterocycles. The number of benzene rings is 6. The highest BCUT2D eigenvalue weighted by atomic mass is 16.8. The Balaban J connectivity index is 1.11. The zero-order valence-electron chi connectivity index (χ0n) is 85.8. The van der Waals surface area contributed by atoms with Gasteiger partial charge in [0, 0.05) is 24.9 Å². The maximum absolute atomic E-state index is 15.6. The van der Waals surface area contributed by atoms with E-state index >= 15 is 9.59 Å². The molecule has 10 atom stereocenters. The van der Waals surface area contributed by atoms with Crippen molar-refractivity contribution in [2.75, 3.05) is 13.1 Å². The van der Waals surface area contributed by atoms with E-state index in [1.807, 2.05) is 109 Å². The minimum Gasteiger partial charge on any atom is -0.368 e. The summed E-state index contributed by atoms with van der Waals surface area (Å²) in [6.45, 7) is 10.7. The highest BCUT2D eigenvalue weighted by Crippen LogP contribution is 2.38. The van der Waals surface area contributed by atoms with Crippen LogP contribution in [0.3, 0.4) is 0 Å². The minimum atomic E-state index is -1.24. The SMILES string of the molecule is CCCCCCCCCCCCCCCCC(CCCCCCCCCCCCCCCC)C(=O)NCC1O[C@@H](O[C@@H]2OC(CNC(=O)C(CCCCCCCCCCCCCCCC)CCCCCCCCCCCCCCCC)[C@H](OCc3ccccc3)[C@H](OCc3ccccc3)C2OCc2ccccc2)C(OCc2ccccc2)[C@@H](OCc2ccccc2)[C@H]1OCc1ccccc1. The molecule has 6 aromatic rings. The highest BCUT2D eigenvalue weighted by Gasteiger charge is 2.55. The number of rotatable bonds is 86. The van der Waals surface area contributed by atoms with Crippen molar-refractivity contribution < 1.29 is 52.2 Å². The fourth-order valence-electron chi connectivity index (χ4n) is 20.0. The van der Waals surface area contributed by atoms with Crippen LogP contribution in [-0.2, 0) is 91.9 Å². The third kappa shape index (κ3) is 51.8. The van der Waals surface area contributed by atoms with Gasteiger partial charge < -0.3 is 53.3 Å². The van der Waals surface area contributed by atoms with Crippen LogP contribution >= 0.6 is 0 Å². The largest absolute Gasteiger partial charge is 0.368 e. The van der Waals surface area contributed by atoms with Crippen LogP contribution in [0.5, 0.6) is 0 Å². The first kappa shape index (κ1) is 114. The maximum Gasteiger partial charge on any atom is 0.223 e. The molecule has 4 unspecified atom stereocenters. The molecule has 13 nitrogen and oxygen atoms in total. The highest BCUT2D eigenvalue weighted by molar-refractivity contribution is 5.79. The monoisotopic (exact) mass is 1860 g/mol. The summed E-state index contributed by atoms with van der Waals surface area (Å²) in [5.41, 5.74) is 5.81. The van der Waals surface area contributed by atoms with E-state index in [4.69, 9.17) is 42.6 Å². The summed E-state index contributed by atoms with van der Waals surface area (Å²) in [5.74, 6) is -0.254. The number of hydrogen-bond donors (Lipinski definition) is 2. The lowest BCUT2D eigenvalue weighted by molar-refractivity contribution is -0.390. The number of carbonyl (C=O) groups excluding carboxylic acids is 2. The number of carbonyl (C=O) groups is 2. The van der Waals surface area contributed by atoms with E-state index in [0.29, 0.717) is 0 Å². The van der Waals surface area contributed by atoms with Crippen LogP contribution in [0.25, 0.3) is 0 Å². The van der Waals surface area contributed by atoms with Gasteiger partial charge in [-0.2, -0.15) is 0 Å². The summed E-state index contributed by atoms with van der Waals surface area (Å²) >= 11 is 0. The molecule has 2 saturated heterocycles. The molecule has 0 aliphatic carbocycles. The molecular weight excluding hydrogens is 1670 g/mol. The number of nitrogens with one attached hydrogen (secondary N) is 2. The van der Waals surface area contributed by atoms with Crippen molar-refractivity contribution in [3.63, 3.8) is 0 Å². The molecule has 8 rings (SSSR count). The molecule has 6 aromatic carbocycles. The Labute approximate surface area is 824 Å². The van der Waals surface area contributed by atoms with Crippen LogP contribution in [0, 0.1) is 11.8 Å².